The molecule has 1 aromatic heterocycles. The molecule has 2 N–H and O–H groups in total. The van der Waals surface area contributed by atoms with Crippen molar-refractivity contribution in [3.63, 3.8) is 0 Å². The number of halogens is 2. The van der Waals surface area contributed by atoms with Gasteiger partial charge in [-0.15, -0.1) is 0 Å². The number of hydrogen-bond donors (Lipinski definition) is 2. The molecule has 0 aliphatic carbocycles. The molecule has 5 nitrogen and oxygen atoms in total. The number of anilines is 1. The molecule has 7 heteroatoms. The second kappa shape index (κ2) is 6.17. The smallest absolute Gasteiger partial charge is 0.355 e. The van der Waals surface area contributed by atoms with Crippen molar-refractivity contribution in [3.8, 4) is 0 Å². The molecule has 1 amide bonds. The average Bonchev–Trinajstić information content (AvgIpc) is 2.95. The van der Waals surface area contributed by atoms with Crippen molar-refractivity contribution in [1.29, 1.82) is 0 Å². The zero-order valence-electron chi connectivity index (χ0n) is 11.0. The molecule has 0 aliphatic rings. The number of ether oxygens (including phenoxy) is 1. The second-order valence-corrected chi connectivity index (χ2v) is 4.24. The highest BCUT2D eigenvalue weighted by molar-refractivity contribution is 5.96. The third kappa shape index (κ3) is 3.65. The molecule has 0 spiro atoms. The van der Waals surface area contributed by atoms with Crippen LogP contribution in [0.1, 0.15) is 17.4 Å². The van der Waals surface area contributed by atoms with Gasteiger partial charge in [-0.05, 0) is 31.2 Å². The lowest BCUT2D eigenvalue weighted by molar-refractivity contribution is -0.123. The Morgan fingerprint density at radius 3 is 2.67 bits per heavy atom. The third-order valence-electron chi connectivity index (χ3n) is 2.66. The third-order valence-corrected chi connectivity index (χ3v) is 2.66. The fourth-order valence-corrected chi connectivity index (χ4v) is 1.56. The highest BCUT2D eigenvalue weighted by Gasteiger charge is 2.20. The molecular weight excluding hydrogens is 282 g/mol. The first-order valence-electron chi connectivity index (χ1n) is 6.07. The molecule has 1 heterocycles. The van der Waals surface area contributed by atoms with Crippen molar-refractivity contribution in [2.24, 2.45) is 0 Å². The van der Waals surface area contributed by atoms with E-state index in [0.717, 1.165) is 12.1 Å². The summed E-state index contributed by atoms with van der Waals surface area (Å²) < 4.78 is 31.1. The normalized spacial score (nSPS) is 11.8. The van der Waals surface area contributed by atoms with E-state index in [0.29, 0.717) is 6.07 Å². The van der Waals surface area contributed by atoms with Crippen LogP contribution in [0.2, 0.25) is 0 Å². The van der Waals surface area contributed by atoms with Gasteiger partial charge < -0.3 is 15.0 Å². The van der Waals surface area contributed by atoms with Gasteiger partial charge in [-0.2, -0.15) is 0 Å². The Morgan fingerprint density at radius 2 is 2.05 bits per heavy atom. The predicted molar refractivity (Wildman–Crippen MR) is 70.7 cm³/mol. The van der Waals surface area contributed by atoms with Gasteiger partial charge in [0.15, 0.2) is 6.10 Å². The van der Waals surface area contributed by atoms with Crippen LogP contribution in [-0.2, 0) is 9.53 Å². The summed E-state index contributed by atoms with van der Waals surface area (Å²) in [5, 5.41) is 2.22. The molecule has 0 saturated heterocycles. The van der Waals surface area contributed by atoms with Crippen molar-refractivity contribution >= 4 is 17.6 Å². The van der Waals surface area contributed by atoms with E-state index in [1.54, 1.807) is 6.07 Å². The largest absolute Gasteiger partial charge is 0.448 e. The van der Waals surface area contributed by atoms with Crippen LogP contribution in [0.25, 0.3) is 0 Å². The summed E-state index contributed by atoms with van der Waals surface area (Å²) in [4.78, 5) is 26.1. The Labute approximate surface area is 118 Å². The fraction of sp³-hybridized carbons (Fsp3) is 0.143. The van der Waals surface area contributed by atoms with Crippen LogP contribution in [0.15, 0.2) is 36.5 Å². The van der Waals surface area contributed by atoms with Gasteiger partial charge in [-0.3, -0.25) is 4.79 Å². The number of aromatic nitrogens is 1. The number of esters is 1. The summed E-state index contributed by atoms with van der Waals surface area (Å²) in [6, 6.07) is 5.84. The first-order chi connectivity index (χ1) is 9.97. The molecular formula is C14H12F2N2O3. The average molecular weight is 294 g/mol. The first kappa shape index (κ1) is 14.7. The van der Waals surface area contributed by atoms with Crippen LogP contribution < -0.4 is 5.32 Å². The molecule has 0 radical (unpaired) electrons. The van der Waals surface area contributed by atoms with Gasteiger partial charge in [0.25, 0.3) is 5.91 Å². The predicted octanol–water partition coefficient (Wildman–Crippen LogP) is 2.48. The first-order valence-corrected chi connectivity index (χ1v) is 6.07. The van der Waals surface area contributed by atoms with Gasteiger partial charge in [0, 0.05) is 12.3 Å². The molecule has 2 aromatic rings. The summed E-state index contributed by atoms with van der Waals surface area (Å²) >= 11 is 0. The van der Waals surface area contributed by atoms with Crippen LogP contribution in [0.3, 0.4) is 0 Å². The number of nitrogens with one attached hydrogen (secondary N) is 2. The zero-order chi connectivity index (χ0) is 15.4. The highest BCUT2D eigenvalue weighted by Crippen LogP contribution is 2.15. The van der Waals surface area contributed by atoms with E-state index in [-0.39, 0.29) is 11.4 Å². The van der Waals surface area contributed by atoms with E-state index < -0.39 is 29.6 Å². The molecule has 0 fully saturated rings. The number of carbonyl (C=O) groups excluding carboxylic acids is 2. The summed E-state index contributed by atoms with van der Waals surface area (Å²) in [6.45, 7) is 1.34. The lowest BCUT2D eigenvalue weighted by Crippen LogP contribution is -2.30. The maximum Gasteiger partial charge on any atom is 0.355 e. The monoisotopic (exact) mass is 294 g/mol. The minimum atomic E-state index is -1.13. The van der Waals surface area contributed by atoms with Crippen molar-refractivity contribution in [2.45, 2.75) is 13.0 Å². The summed E-state index contributed by atoms with van der Waals surface area (Å²) in [7, 11) is 0. The Hall–Kier alpha value is -2.70. The van der Waals surface area contributed by atoms with E-state index in [2.05, 4.69) is 10.3 Å². The Morgan fingerprint density at radius 1 is 1.29 bits per heavy atom. The number of rotatable bonds is 4. The van der Waals surface area contributed by atoms with Gasteiger partial charge in [0.1, 0.15) is 17.3 Å². The number of amides is 1. The number of hydrogen-bond acceptors (Lipinski definition) is 3. The summed E-state index contributed by atoms with van der Waals surface area (Å²) in [6.07, 6.45) is 0.403. The summed E-state index contributed by atoms with van der Waals surface area (Å²) in [5.41, 5.74) is 0.00628. The van der Waals surface area contributed by atoms with Crippen LogP contribution >= 0.6 is 0 Å². The molecule has 21 heavy (non-hydrogen) atoms. The standard InChI is InChI=1S/C14H12F2N2O3/c1-8(21-14(20)12-3-2-6-17-12)13(19)18-11-5-4-9(15)7-10(11)16/h2-8,17H,1H3,(H,18,19). The van der Waals surface area contributed by atoms with Gasteiger partial charge in [0.2, 0.25) is 0 Å². The lowest BCUT2D eigenvalue weighted by atomic mass is 10.2. The maximum absolute atomic E-state index is 13.4. The second-order valence-electron chi connectivity index (χ2n) is 4.24. The number of aromatic amines is 1. The van der Waals surface area contributed by atoms with Crippen molar-refractivity contribution in [2.75, 3.05) is 5.32 Å². The van der Waals surface area contributed by atoms with Crippen LogP contribution in [-0.4, -0.2) is 23.0 Å². The Balaban J connectivity index is 1.98. The molecule has 0 saturated carbocycles. The van der Waals surface area contributed by atoms with E-state index in [4.69, 9.17) is 4.74 Å². The van der Waals surface area contributed by atoms with Crippen molar-refractivity contribution in [1.82, 2.24) is 4.98 Å². The van der Waals surface area contributed by atoms with Gasteiger partial charge in [0.05, 0.1) is 5.69 Å². The molecule has 0 bridgehead atoms. The SMILES string of the molecule is CC(OC(=O)c1ccc[nH]1)C(=O)Nc1ccc(F)cc1F. The molecule has 2 rings (SSSR count). The molecule has 110 valence electrons. The summed E-state index contributed by atoms with van der Waals surface area (Å²) in [5.74, 6) is -3.09. The van der Waals surface area contributed by atoms with Crippen molar-refractivity contribution in [3.05, 3.63) is 53.9 Å². The number of H-pyrrole nitrogens is 1. The minimum absolute atomic E-state index is 0.191. The van der Waals surface area contributed by atoms with E-state index >= 15 is 0 Å². The maximum atomic E-state index is 13.4. The number of benzene rings is 1. The fourth-order valence-electron chi connectivity index (χ4n) is 1.56. The van der Waals surface area contributed by atoms with E-state index in [1.165, 1.54) is 19.2 Å². The topological polar surface area (TPSA) is 71.2 Å². The quantitative estimate of drug-likeness (QED) is 0.851. The van der Waals surface area contributed by atoms with Crippen LogP contribution in [0.5, 0.6) is 0 Å². The number of carbonyl (C=O) groups is 2. The zero-order valence-corrected chi connectivity index (χ0v) is 11.0. The Kier molecular flexibility index (Phi) is 4.32. The molecule has 1 unspecified atom stereocenters. The molecule has 0 aliphatic heterocycles. The minimum Gasteiger partial charge on any atom is -0.448 e. The molecule has 1 atom stereocenters. The van der Waals surface area contributed by atoms with Gasteiger partial charge in [-0.1, -0.05) is 0 Å². The molecule has 1 aromatic carbocycles. The van der Waals surface area contributed by atoms with Crippen molar-refractivity contribution < 1.29 is 23.1 Å². The van der Waals surface area contributed by atoms with Gasteiger partial charge in [-0.25, -0.2) is 13.6 Å². The van der Waals surface area contributed by atoms with Gasteiger partial charge >= 0.3 is 5.97 Å². The van der Waals surface area contributed by atoms with E-state index in [1.807, 2.05) is 0 Å². The van der Waals surface area contributed by atoms with Crippen LogP contribution in [0.4, 0.5) is 14.5 Å². The highest BCUT2D eigenvalue weighted by atomic mass is 19.1. The Bertz CT molecular complexity index is 656. The lowest BCUT2D eigenvalue weighted by Gasteiger charge is -2.13. The van der Waals surface area contributed by atoms with E-state index in [9.17, 15) is 18.4 Å². The van der Waals surface area contributed by atoms with Crippen LogP contribution in [0, 0.1) is 11.6 Å².